The molecule has 4 heteroatoms. The van der Waals surface area contributed by atoms with Crippen molar-refractivity contribution < 1.29 is 0 Å². The molecule has 8 aromatic carbocycles. The minimum absolute atomic E-state index is 0.717. The molecule has 0 bridgehead atoms. The second-order valence-corrected chi connectivity index (χ2v) is 13.4. The van der Waals surface area contributed by atoms with Crippen LogP contribution in [0.1, 0.15) is 0 Å². The summed E-state index contributed by atoms with van der Waals surface area (Å²) in [6.07, 6.45) is 0. The SMILES string of the molecule is c1ccc(-c2nc(-c3ccc(-n4c5ccccc5c5cc6c(cc54)c4ccc5ccccc5c4n6-c4ccccc4)cc3)nc3ccccc23)cc1. The van der Waals surface area contributed by atoms with E-state index in [2.05, 4.69) is 173 Å². The maximum atomic E-state index is 5.13. The van der Waals surface area contributed by atoms with E-state index in [-0.39, 0.29) is 0 Å². The van der Waals surface area contributed by atoms with Crippen LogP contribution in [0.3, 0.4) is 0 Å². The van der Waals surface area contributed by atoms with Crippen LogP contribution in [0, 0.1) is 0 Å². The standard InChI is InChI=1S/C48H30N4/c1-3-14-32(15-4-1)46-39-20-9-11-21-42(39)49-48(50-46)33-23-26-35(27-24-33)51-43-22-12-10-19-37(43)40-29-45-41(30-44(40)51)38-28-25-31-13-7-8-18-36(31)47(38)52(45)34-16-5-2-6-17-34/h1-30H. The van der Waals surface area contributed by atoms with Gasteiger partial charge in [-0.2, -0.15) is 0 Å². The molecule has 0 fully saturated rings. The normalized spacial score (nSPS) is 11.8. The Balaban J connectivity index is 1.14. The van der Waals surface area contributed by atoms with Gasteiger partial charge in [0, 0.05) is 54.8 Å². The van der Waals surface area contributed by atoms with Crippen molar-refractivity contribution in [3.63, 3.8) is 0 Å². The molecule has 3 heterocycles. The number of para-hydroxylation sites is 3. The Morgan fingerprint density at radius 3 is 1.77 bits per heavy atom. The lowest BCUT2D eigenvalue weighted by Crippen LogP contribution is -1.97. The van der Waals surface area contributed by atoms with Crippen molar-refractivity contribution >= 4 is 65.3 Å². The molecule has 4 nitrogen and oxygen atoms in total. The molecule has 0 amide bonds. The van der Waals surface area contributed by atoms with Crippen LogP contribution in [0.5, 0.6) is 0 Å². The van der Waals surface area contributed by atoms with Crippen LogP contribution in [0.15, 0.2) is 182 Å². The monoisotopic (exact) mass is 662 g/mol. The number of aromatic nitrogens is 4. The lowest BCUT2D eigenvalue weighted by atomic mass is 10.0. The maximum absolute atomic E-state index is 5.13. The average Bonchev–Trinajstić information content (AvgIpc) is 3.72. The molecule has 0 saturated heterocycles. The van der Waals surface area contributed by atoms with Crippen LogP contribution in [0.2, 0.25) is 0 Å². The van der Waals surface area contributed by atoms with Crippen LogP contribution < -0.4 is 0 Å². The van der Waals surface area contributed by atoms with Crippen molar-refractivity contribution in [3.8, 4) is 34.0 Å². The van der Waals surface area contributed by atoms with E-state index in [1.807, 2.05) is 18.2 Å². The predicted molar refractivity (Wildman–Crippen MR) is 217 cm³/mol. The van der Waals surface area contributed by atoms with E-state index >= 15 is 0 Å². The lowest BCUT2D eigenvalue weighted by molar-refractivity contribution is 1.17. The first-order valence-corrected chi connectivity index (χ1v) is 17.7. The molecule has 11 aromatic rings. The fourth-order valence-electron chi connectivity index (χ4n) is 8.14. The molecule has 0 unspecified atom stereocenters. The summed E-state index contributed by atoms with van der Waals surface area (Å²) in [5.41, 5.74) is 11.0. The van der Waals surface area contributed by atoms with Gasteiger partial charge >= 0.3 is 0 Å². The molecule has 0 aliphatic carbocycles. The fraction of sp³-hybridized carbons (Fsp3) is 0. The highest BCUT2D eigenvalue weighted by Gasteiger charge is 2.20. The van der Waals surface area contributed by atoms with Gasteiger partial charge in [0.15, 0.2) is 5.82 Å². The molecule has 3 aromatic heterocycles. The van der Waals surface area contributed by atoms with E-state index in [0.29, 0.717) is 5.82 Å². The number of nitrogens with zero attached hydrogens (tertiary/aromatic N) is 4. The quantitative estimate of drug-likeness (QED) is 0.188. The zero-order chi connectivity index (χ0) is 34.2. The largest absolute Gasteiger partial charge is 0.309 e. The minimum atomic E-state index is 0.717. The molecule has 0 N–H and O–H groups in total. The van der Waals surface area contributed by atoms with Crippen molar-refractivity contribution in [2.75, 3.05) is 0 Å². The van der Waals surface area contributed by atoms with Gasteiger partial charge < -0.3 is 9.13 Å². The van der Waals surface area contributed by atoms with Gasteiger partial charge in [0.25, 0.3) is 0 Å². The Labute approximate surface area is 299 Å². The van der Waals surface area contributed by atoms with Gasteiger partial charge in [0.1, 0.15) is 0 Å². The van der Waals surface area contributed by atoms with E-state index in [1.54, 1.807) is 0 Å². The van der Waals surface area contributed by atoms with Crippen LogP contribution in [0.4, 0.5) is 0 Å². The second kappa shape index (κ2) is 11.2. The van der Waals surface area contributed by atoms with Crippen molar-refractivity contribution in [1.29, 1.82) is 0 Å². The highest BCUT2D eigenvalue weighted by atomic mass is 15.0. The summed E-state index contributed by atoms with van der Waals surface area (Å²) < 4.78 is 4.85. The van der Waals surface area contributed by atoms with Crippen molar-refractivity contribution in [1.82, 2.24) is 19.1 Å². The maximum Gasteiger partial charge on any atom is 0.160 e. The highest BCUT2D eigenvalue weighted by molar-refractivity contribution is 6.23. The van der Waals surface area contributed by atoms with Crippen LogP contribution in [0.25, 0.3) is 99.3 Å². The Hall–Kier alpha value is -7.04. The Kier molecular flexibility index (Phi) is 6.22. The second-order valence-electron chi connectivity index (χ2n) is 13.4. The summed E-state index contributed by atoms with van der Waals surface area (Å²) in [6.45, 7) is 0. The minimum Gasteiger partial charge on any atom is -0.309 e. The van der Waals surface area contributed by atoms with Crippen LogP contribution in [-0.2, 0) is 0 Å². The summed E-state index contributed by atoms with van der Waals surface area (Å²) in [4.78, 5) is 10.1. The van der Waals surface area contributed by atoms with Gasteiger partial charge in [-0.25, -0.2) is 9.97 Å². The first-order valence-electron chi connectivity index (χ1n) is 17.7. The van der Waals surface area contributed by atoms with Crippen molar-refractivity contribution in [3.05, 3.63) is 182 Å². The van der Waals surface area contributed by atoms with E-state index in [4.69, 9.17) is 9.97 Å². The third-order valence-electron chi connectivity index (χ3n) is 10.5. The van der Waals surface area contributed by atoms with Crippen molar-refractivity contribution in [2.45, 2.75) is 0 Å². The van der Waals surface area contributed by atoms with Gasteiger partial charge in [0.05, 0.1) is 33.3 Å². The molecule has 0 atom stereocenters. The number of rotatable bonds is 4. The zero-order valence-electron chi connectivity index (χ0n) is 28.1. The molecule has 0 aliphatic heterocycles. The summed E-state index contributed by atoms with van der Waals surface area (Å²) in [6, 6.07) is 64.9. The summed E-state index contributed by atoms with van der Waals surface area (Å²) in [5, 5.41) is 8.46. The Morgan fingerprint density at radius 2 is 0.962 bits per heavy atom. The Morgan fingerprint density at radius 1 is 0.346 bits per heavy atom. The number of hydrogen-bond acceptors (Lipinski definition) is 2. The smallest absolute Gasteiger partial charge is 0.160 e. The highest BCUT2D eigenvalue weighted by Crippen LogP contribution is 2.41. The predicted octanol–water partition coefficient (Wildman–Crippen LogP) is 12.3. The molecule has 0 aliphatic rings. The van der Waals surface area contributed by atoms with Gasteiger partial charge in [-0.15, -0.1) is 0 Å². The van der Waals surface area contributed by atoms with E-state index in [0.717, 1.165) is 39.1 Å². The molecule has 0 radical (unpaired) electrons. The molecule has 0 saturated carbocycles. The van der Waals surface area contributed by atoms with Gasteiger partial charge in [-0.05, 0) is 66.0 Å². The van der Waals surface area contributed by atoms with E-state index < -0.39 is 0 Å². The topological polar surface area (TPSA) is 35.6 Å². The van der Waals surface area contributed by atoms with E-state index in [1.165, 1.54) is 54.4 Å². The number of benzene rings is 8. The number of hydrogen-bond donors (Lipinski definition) is 0. The summed E-state index contributed by atoms with van der Waals surface area (Å²) in [5.74, 6) is 0.717. The molecule has 0 spiro atoms. The summed E-state index contributed by atoms with van der Waals surface area (Å²) in [7, 11) is 0. The fourth-order valence-corrected chi connectivity index (χ4v) is 8.14. The van der Waals surface area contributed by atoms with Gasteiger partial charge in [-0.3, -0.25) is 0 Å². The first-order chi connectivity index (χ1) is 25.8. The first kappa shape index (κ1) is 28.8. The summed E-state index contributed by atoms with van der Waals surface area (Å²) >= 11 is 0. The molecular weight excluding hydrogens is 633 g/mol. The van der Waals surface area contributed by atoms with Gasteiger partial charge in [0.2, 0.25) is 0 Å². The van der Waals surface area contributed by atoms with Crippen LogP contribution >= 0.6 is 0 Å². The molecular formula is C48H30N4. The van der Waals surface area contributed by atoms with Crippen LogP contribution in [-0.4, -0.2) is 19.1 Å². The van der Waals surface area contributed by atoms with Gasteiger partial charge in [-0.1, -0.05) is 121 Å². The van der Waals surface area contributed by atoms with Crippen molar-refractivity contribution in [2.24, 2.45) is 0 Å². The third-order valence-corrected chi connectivity index (χ3v) is 10.5. The Bertz CT molecular complexity index is 3160. The number of fused-ring (bicyclic) bond motifs is 9. The molecule has 52 heavy (non-hydrogen) atoms. The molecule has 242 valence electrons. The average molecular weight is 663 g/mol. The lowest BCUT2D eigenvalue weighted by Gasteiger charge is -2.11. The molecule has 11 rings (SSSR count). The zero-order valence-corrected chi connectivity index (χ0v) is 28.1. The third kappa shape index (κ3) is 4.28. The van der Waals surface area contributed by atoms with E-state index in [9.17, 15) is 0 Å².